The van der Waals surface area contributed by atoms with Crippen LogP contribution in [-0.2, 0) is 0 Å². The Kier molecular flexibility index (Phi) is 4.45. The Morgan fingerprint density at radius 2 is 2.29 bits per heavy atom. The lowest BCUT2D eigenvalue weighted by molar-refractivity contribution is -0.384. The highest BCUT2D eigenvalue weighted by Gasteiger charge is 2.08. The van der Waals surface area contributed by atoms with Crippen LogP contribution in [-0.4, -0.2) is 17.4 Å². The molecule has 0 atom stereocenters. The lowest BCUT2D eigenvalue weighted by atomic mass is 10.2. The van der Waals surface area contributed by atoms with Crippen LogP contribution in [0.15, 0.2) is 18.2 Å². The van der Waals surface area contributed by atoms with Gasteiger partial charge in [0.2, 0.25) is 0 Å². The maximum atomic E-state index is 10.5. The van der Waals surface area contributed by atoms with Crippen LogP contribution in [0.3, 0.4) is 0 Å². The van der Waals surface area contributed by atoms with Gasteiger partial charge in [-0.1, -0.05) is 0 Å². The number of nitro groups is 1. The molecule has 0 bridgehead atoms. The minimum absolute atomic E-state index is 0.0542. The molecule has 0 saturated carbocycles. The number of amidine groups is 1. The monoisotopic (exact) mass is 237 g/mol. The molecule has 0 unspecified atom stereocenters. The van der Waals surface area contributed by atoms with Crippen molar-refractivity contribution in [3.63, 3.8) is 0 Å². The van der Waals surface area contributed by atoms with Gasteiger partial charge in [0.05, 0.1) is 17.4 Å². The summed E-state index contributed by atoms with van der Waals surface area (Å²) in [5, 5.41) is 17.6. The van der Waals surface area contributed by atoms with Crippen molar-refractivity contribution in [1.29, 1.82) is 5.41 Å². The number of hydrogen-bond acceptors (Lipinski definition) is 4. The molecule has 0 aliphatic heterocycles. The first-order valence-corrected chi connectivity index (χ1v) is 5.21. The van der Waals surface area contributed by atoms with E-state index in [0.717, 1.165) is 5.56 Å². The van der Waals surface area contributed by atoms with Gasteiger partial charge < -0.3 is 10.5 Å². The molecule has 1 aromatic carbocycles. The van der Waals surface area contributed by atoms with Crippen molar-refractivity contribution in [2.75, 3.05) is 6.61 Å². The number of rotatable bonds is 6. The molecular weight excluding hydrogens is 222 g/mol. The lowest BCUT2D eigenvalue weighted by Gasteiger charge is -2.08. The molecule has 0 spiro atoms. The van der Waals surface area contributed by atoms with Crippen LogP contribution in [0.1, 0.15) is 18.4 Å². The van der Waals surface area contributed by atoms with Crippen LogP contribution < -0.4 is 10.5 Å². The van der Waals surface area contributed by atoms with Crippen LogP contribution in [0.25, 0.3) is 0 Å². The second-order valence-corrected chi connectivity index (χ2v) is 3.68. The predicted octanol–water partition coefficient (Wildman–Crippen LogP) is 2.00. The molecular formula is C11H15N3O3. The number of ether oxygens (including phenoxy) is 1. The zero-order valence-electron chi connectivity index (χ0n) is 9.60. The summed E-state index contributed by atoms with van der Waals surface area (Å²) in [5.41, 5.74) is 5.99. The van der Waals surface area contributed by atoms with Crippen molar-refractivity contribution in [3.05, 3.63) is 33.9 Å². The zero-order valence-corrected chi connectivity index (χ0v) is 9.60. The summed E-state index contributed by atoms with van der Waals surface area (Å²) in [5.74, 6) is 0.758. The van der Waals surface area contributed by atoms with E-state index in [0.29, 0.717) is 25.2 Å². The van der Waals surface area contributed by atoms with E-state index in [1.54, 1.807) is 13.0 Å². The van der Waals surface area contributed by atoms with Crippen LogP contribution in [0.5, 0.6) is 5.75 Å². The molecule has 1 rings (SSSR count). The summed E-state index contributed by atoms with van der Waals surface area (Å²) in [7, 11) is 0. The Hall–Kier alpha value is -2.11. The van der Waals surface area contributed by atoms with Gasteiger partial charge in [0.15, 0.2) is 0 Å². The number of benzene rings is 1. The SMILES string of the molecule is Cc1cc([N+](=O)[O-])ccc1OCCCC(=N)N. The highest BCUT2D eigenvalue weighted by molar-refractivity contribution is 5.76. The molecule has 0 amide bonds. The van der Waals surface area contributed by atoms with E-state index in [1.165, 1.54) is 12.1 Å². The van der Waals surface area contributed by atoms with E-state index in [2.05, 4.69) is 0 Å². The summed E-state index contributed by atoms with van der Waals surface area (Å²) >= 11 is 0. The lowest BCUT2D eigenvalue weighted by Crippen LogP contribution is -2.11. The van der Waals surface area contributed by atoms with Gasteiger partial charge in [-0.3, -0.25) is 15.5 Å². The fraction of sp³-hybridized carbons (Fsp3) is 0.364. The third-order valence-electron chi connectivity index (χ3n) is 2.22. The molecule has 0 saturated heterocycles. The number of nitrogens with two attached hydrogens (primary N) is 1. The largest absolute Gasteiger partial charge is 0.493 e. The van der Waals surface area contributed by atoms with Gasteiger partial charge >= 0.3 is 0 Å². The van der Waals surface area contributed by atoms with Crippen molar-refractivity contribution < 1.29 is 9.66 Å². The molecule has 0 aliphatic rings. The highest BCUT2D eigenvalue weighted by Crippen LogP contribution is 2.23. The van der Waals surface area contributed by atoms with Crippen LogP contribution in [0.2, 0.25) is 0 Å². The van der Waals surface area contributed by atoms with Crippen LogP contribution >= 0.6 is 0 Å². The second-order valence-electron chi connectivity index (χ2n) is 3.68. The minimum Gasteiger partial charge on any atom is -0.493 e. The van der Waals surface area contributed by atoms with E-state index in [1.807, 2.05) is 0 Å². The maximum Gasteiger partial charge on any atom is 0.269 e. The molecule has 0 radical (unpaired) electrons. The maximum absolute atomic E-state index is 10.5. The average Bonchev–Trinajstić information content (AvgIpc) is 2.25. The summed E-state index contributed by atoms with van der Waals surface area (Å²) in [4.78, 5) is 10.1. The van der Waals surface area contributed by atoms with Gasteiger partial charge in [-0.25, -0.2) is 0 Å². The molecule has 17 heavy (non-hydrogen) atoms. The summed E-state index contributed by atoms with van der Waals surface area (Å²) in [6.45, 7) is 2.20. The van der Waals surface area contributed by atoms with Crippen LogP contribution in [0, 0.1) is 22.4 Å². The second kappa shape index (κ2) is 5.83. The fourth-order valence-corrected chi connectivity index (χ4v) is 1.35. The summed E-state index contributed by atoms with van der Waals surface area (Å²) in [6, 6.07) is 4.47. The first-order chi connectivity index (χ1) is 8.00. The van der Waals surface area contributed by atoms with Gasteiger partial charge in [-0.05, 0) is 25.0 Å². The molecule has 0 fully saturated rings. The van der Waals surface area contributed by atoms with Crippen molar-refractivity contribution >= 4 is 11.5 Å². The molecule has 0 aromatic heterocycles. The van der Waals surface area contributed by atoms with Crippen molar-refractivity contribution in [3.8, 4) is 5.75 Å². The molecule has 92 valence electrons. The highest BCUT2D eigenvalue weighted by atomic mass is 16.6. The Labute approximate surface area is 99.0 Å². The molecule has 6 heteroatoms. The Morgan fingerprint density at radius 1 is 1.59 bits per heavy atom. The third kappa shape index (κ3) is 4.10. The number of nitrogens with one attached hydrogen (secondary N) is 1. The zero-order chi connectivity index (χ0) is 12.8. The van der Waals surface area contributed by atoms with E-state index in [9.17, 15) is 10.1 Å². The van der Waals surface area contributed by atoms with Crippen molar-refractivity contribution in [2.45, 2.75) is 19.8 Å². The fourth-order valence-electron chi connectivity index (χ4n) is 1.35. The van der Waals surface area contributed by atoms with Crippen LogP contribution in [0.4, 0.5) is 5.69 Å². The van der Waals surface area contributed by atoms with Gasteiger partial charge in [0.1, 0.15) is 5.75 Å². The van der Waals surface area contributed by atoms with Gasteiger partial charge in [-0.15, -0.1) is 0 Å². The average molecular weight is 237 g/mol. The standard InChI is InChI=1S/C11H15N3O3/c1-8-7-9(14(15)16)4-5-10(8)17-6-2-3-11(12)13/h4-5,7H,2-3,6H2,1H3,(H3,12,13). The molecule has 0 aliphatic carbocycles. The Morgan fingerprint density at radius 3 is 2.82 bits per heavy atom. The van der Waals surface area contributed by atoms with Gasteiger partial charge in [0.25, 0.3) is 5.69 Å². The number of nitrogens with zero attached hydrogens (tertiary/aromatic N) is 1. The van der Waals surface area contributed by atoms with E-state index in [-0.39, 0.29) is 11.5 Å². The molecule has 6 nitrogen and oxygen atoms in total. The van der Waals surface area contributed by atoms with E-state index >= 15 is 0 Å². The van der Waals surface area contributed by atoms with E-state index in [4.69, 9.17) is 15.9 Å². The quantitative estimate of drug-likeness (QED) is 0.259. The molecule has 0 heterocycles. The number of non-ortho nitro benzene ring substituents is 1. The normalized spacial score (nSPS) is 9.94. The van der Waals surface area contributed by atoms with E-state index < -0.39 is 4.92 Å². The van der Waals surface area contributed by atoms with Gasteiger partial charge in [0, 0.05) is 18.6 Å². The third-order valence-corrected chi connectivity index (χ3v) is 2.22. The molecule has 3 N–H and O–H groups in total. The minimum atomic E-state index is -0.438. The number of aryl methyl sites for hydroxylation is 1. The Balaban J connectivity index is 2.54. The topological polar surface area (TPSA) is 102 Å². The molecule has 1 aromatic rings. The van der Waals surface area contributed by atoms with Crippen molar-refractivity contribution in [2.24, 2.45) is 5.73 Å². The Bertz CT molecular complexity index is 432. The smallest absolute Gasteiger partial charge is 0.269 e. The summed E-state index contributed by atoms with van der Waals surface area (Å²) < 4.78 is 5.45. The summed E-state index contributed by atoms with van der Waals surface area (Å²) in [6.07, 6.45) is 1.15. The van der Waals surface area contributed by atoms with Crippen molar-refractivity contribution in [1.82, 2.24) is 0 Å². The number of nitro benzene ring substituents is 1. The number of hydrogen-bond donors (Lipinski definition) is 2. The first-order valence-electron chi connectivity index (χ1n) is 5.21. The van der Waals surface area contributed by atoms with Gasteiger partial charge in [-0.2, -0.15) is 0 Å². The first kappa shape index (κ1) is 13.0. The predicted molar refractivity (Wildman–Crippen MR) is 64.5 cm³/mol.